The second-order valence-corrected chi connectivity index (χ2v) is 9.05. The number of nitrogens with zero attached hydrogens (tertiary/aromatic N) is 1. The molecule has 0 fully saturated rings. The third kappa shape index (κ3) is 10.7. The number of H-pyrrole nitrogens is 1. The zero-order valence-electron chi connectivity index (χ0n) is 19.8. The minimum Gasteiger partial charge on any atom is -0.247 e. The average Bonchev–Trinajstić information content (AvgIpc) is 3.19. The van der Waals surface area contributed by atoms with Gasteiger partial charge in [0, 0.05) is 0 Å². The van der Waals surface area contributed by atoms with Crippen molar-refractivity contribution >= 4 is 0 Å². The van der Waals surface area contributed by atoms with Crippen molar-refractivity contribution in [3.8, 4) is 0 Å². The fraction of sp³-hybridized carbons (Fsp3) is 0.885. The first kappa shape index (κ1) is 25.2. The van der Waals surface area contributed by atoms with Crippen molar-refractivity contribution in [3.63, 3.8) is 0 Å². The van der Waals surface area contributed by atoms with Crippen LogP contribution in [0.15, 0.2) is 12.4 Å². The summed E-state index contributed by atoms with van der Waals surface area (Å²) in [6.07, 6.45) is 27.9. The number of imidazole rings is 1. The molecule has 0 bridgehead atoms. The molecule has 2 heteroatoms. The SMILES string of the molecule is CCCCCCCCCC(C)[n+]1cc[nH]c1C(CCCC)CCCCCCC. The van der Waals surface area contributed by atoms with Crippen molar-refractivity contribution in [2.75, 3.05) is 0 Å². The summed E-state index contributed by atoms with van der Waals surface area (Å²) in [5.74, 6) is 2.22. The van der Waals surface area contributed by atoms with E-state index < -0.39 is 0 Å². The summed E-state index contributed by atoms with van der Waals surface area (Å²) in [6.45, 7) is 9.35. The van der Waals surface area contributed by atoms with Gasteiger partial charge in [-0.05, 0) is 32.6 Å². The number of aromatic amines is 1. The molecule has 1 aromatic heterocycles. The van der Waals surface area contributed by atoms with Crippen molar-refractivity contribution in [2.45, 2.75) is 149 Å². The van der Waals surface area contributed by atoms with E-state index >= 15 is 0 Å². The number of rotatable bonds is 19. The van der Waals surface area contributed by atoms with Gasteiger partial charge < -0.3 is 0 Å². The number of unbranched alkanes of at least 4 members (excludes halogenated alkanes) is 11. The summed E-state index contributed by atoms with van der Waals surface area (Å²) in [7, 11) is 0. The van der Waals surface area contributed by atoms with Crippen LogP contribution in [0.5, 0.6) is 0 Å². The van der Waals surface area contributed by atoms with Crippen LogP contribution in [0.25, 0.3) is 0 Å². The fourth-order valence-corrected chi connectivity index (χ4v) is 4.47. The summed E-state index contributed by atoms with van der Waals surface area (Å²) in [6, 6.07) is 0.626. The summed E-state index contributed by atoms with van der Waals surface area (Å²) in [4.78, 5) is 3.64. The molecule has 0 aliphatic rings. The zero-order valence-corrected chi connectivity index (χ0v) is 19.8. The van der Waals surface area contributed by atoms with E-state index in [-0.39, 0.29) is 0 Å². The molecule has 0 radical (unpaired) electrons. The molecule has 1 N–H and O–H groups in total. The van der Waals surface area contributed by atoms with Crippen LogP contribution in [0.3, 0.4) is 0 Å². The van der Waals surface area contributed by atoms with Crippen LogP contribution >= 0.6 is 0 Å². The molecule has 0 aromatic carbocycles. The summed E-state index contributed by atoms with van der Waals surface area (Å²) in [5, 5.41) is 0. The molecule has 0 saturated heterocycles. The van der Waals surface area contributed by atoms with Crippen LogP contribution in [0.1, 0.15) is 155 Å². The van der Waals surface area contributed by atoms with Crippen molar-refractivity contribution < 1.29 is 4.57 Å². The average molecular weight is 392 g/mol. The molecule has 164 valence electrons. The van der Waals surface area contributed by atoms with Gasteiger partial charge in [-0.25, -0.2) is 9.55 Å². The van der Waals surface area contributed by atoms with Gasteiger partial charge in [0.25, 0.3) is 5.82 Å². The highest BCUT2D eigenvalue weighted by Gasteiger charge is 2.25. The molecule has 0 spiro atoms. The van der Waals surface area contributed by atoms with Gasteiger partial charge in [0.1, 0.15) is 12.4 Å². The fourth-order valence-electron chi connectivity index (χ4n) is 4.47. The lowest BCUT2D eigenvalue weighted by Gasteiger charge is -2.17. The smallest absolute Gasteiger partial charge is 0.247 e. The lowest BCUT2D eigenvalue weighted by atomic mass is 9.93. The van der Waals surface area contributed by atoms with Crippen LogP contribution in [0.2, 0.25) is 0 Å². The first-order chi connectivity index (χ1) is 13.7. The van der Waals surface area contributed by atoms with Gasteiger partial charge in [0.15, 0.2) is 0 Å². The van der Waals surface area contributed by atoms with Gasteiger partial charge >= 0.3 is 0 Å². The van der Waals surface area contributed by atoms with Crippen LogP contribution in [-0.4, -0.2) is 4.98 Å². The highest BCUT2D eigenvalue weighted by Crippen LogP contribution is 2.26. The van der Waals surface area contributed by atoms with Gasteiger partial charge in [-0.3, -0.25) is 0 Å². The van der Waals surface area contributed by atoms with Crippen molar-refractivity contribution in [2.24, 2.45) is 0 Å². The first-order valence-electron chi connectivity index (χ1n) is 12.8. The lowest BCUT2D eigenvalue weighted by Crippen LogP contribution is -2.41. The Morgan fingerprint density at radius 1 is 0.679 bits per heavy atom. The van der Waals surface area contributed by atoms with Crippen LogP contribution in [0, 0.1) is 0 Å². The molecular formula is C26H51N2+. The molecule has 1 heterocycles. The number of aromatic nitrogens is 2. The predicted molar refractivity (Wildman–Crippen MR) is 124 cm³/mol. The van der Waals surface area contributed by atoms with Gasteiger partial charge in [-0.1, -0.05) is 104 Å². The molecule has 1 aromatic rings. The zero-order chi connectivity index (χ0) is 20.5. The van der Waals surface area contributed by atoms with E-state index in [9.17, 15) is 0 Å². The van der Waals surface area contributed by atoms with Crippen LogP contribution in [0.4, 0.5) is 0 Å². The van der Waals surface area contributed by atoms with E-state index in [1.54, 1.807) is 0 Å². The third-order valence-corrected chi connectivity index (χ3v) is 6.39. The Balaban J connectivity index is 2.48. The number of nitrogens with one attached hydrogen (secondary N) is 1. The molecule has 0 amide bonds. The second kappa shape index (κ2) is 17.1. The summed E-state index contributed by atoms with van der Waals surface area (Å²) < 4.78 is 2.57. The third-order valence-electron chi connectivity index (χ3n) is 6.39. The van der Waals surface area contributed by atoms with E-state index in [0.717, 1.165) is 0 Å². The largest absolute Gasteiger partial charge is 0.257 e. The molecule has 0 aliphatic carbocycles. The Morgan fingerprint density at radius 2 is 1.18 bits per heavy atom. The van der Waals surface area contributed by atoms with E-state index in [1.807, 2.05) is 0 Å². The molecular weight excluding hydrogens is 340 g/mol. The van der Waals surface area contributed by atoms with Gasteiger partial charge in [0.2, 0.25) is 0 Å². The highest BCUT2D eigenvalue weighted by molar-refractivity contribution is 4.90. The summed E-state index contributed by atoms with van der Waals surface area (Å²) in [5.41, 5.74) is 0. The minimum absolute atomic E-state index is 0.626. The molecule has 2 atom stereocenters. The van der Waals surface area contributed by atoms with Crippen molar-refractivity contribution in [1.82, 2.24) is 4.98 Å². The molecule has 0 aliphatic heterocycles. The second-order valence-electron chi connectivity index (χ2n) is 9.05. The van der Waals surface area contributed by atoms with E-state index in [1.165, 1.54) is 115 Å². The Hall–Kier alpha value is -0.790. The highest BCUT2D eigenvalue weighted by atomic mass is 15.1. The molecule has 0 saturated carbocycles. The van der Waals surface area contributed by atoms with Gasteiger partial charge in [-0.2, -0.15) is 0 Å². The van der Waals surface area contributed by atoms with Crippen LogP contribution < -0.4 is 4.57 Å². The first-order valence-corrected chi connectivity index (χ1v) is 12.8. The minimum atomic E-state index is 0.626. The Kier molecular flexibility index (Phi) is 15.4. The molecule has 2 nitrogen and oxygen atoms in total. The monoisotopic (exact) mass is 391 g/mol. The topological polar surface area (TPSA) is 19.7 Å². The maximum Gasteiger partial charge on any atom is 0.257 e. The molecule has 28 heavy (non-hydrogen) atoms. The van der Waals surface area contributed by atoms with Crippen LogP contribution in [-0.2, 0) is 0 Å². The lowest BCUT2D eigenvalue weighted by molar-refractivity contribution is -0.727. The maximum atomic E-state index is 3.64. The Labute approximate surface area is 176 Å². The Morgan fingerprint density at radius 3 is 1.79 bits per heavy atom. The van der Waals surface area contributed by atoms with E-state index in [0.29, 0.717) is 12.0 Å². The van der Waals surface area contributed by atoms with Crippen molar-refractivity contribution in [3.05, 3.63) is 18.2 Å². The normalized spacial score (nSPS) is 13.7. The quantitative estimate of drug-likeness (QED) is 0.180. The number of hydrogen-bond donors (Lipinski definition) is 1. The van der Waals surface area contributed by atoms with E-state index in [2.05, 4.69) is 49.6 Å². The summed E-state index contributed by atoms with van der Waals surface area (Å²) >= 11 is 0. The van der Waals surface area contributed by atoms with Gasteiger partial charge in [-0.15, -0.1) is 0 Å². The van der Waals surface area contributed by atoms with E-state index in [4.69, 9.17) is 0 Å². The predicted octanol–water partition coefficient (Wildman–Crippen LogP) is 8.64. The van der Waals surface area contributed by atoms with Crippen molar-refractivity contribution in [1.29, 1.82) is 0 Å². The molecule has 2 unspecified atom stereocenters. The number of hydrogen-bond acceptors (Lipinski definition) is 0. The maximum absolute atomic E-state index is 3.64. The van der Waals surface area contributed by atoms with Gasteiger partial charge in [0.05, 0.1) is 12.0 Å². The molecule has 1 rings (SSSR count). The standard InChI is InChI=1S/C26H50N2/c1-5-8-11-13-14-16-17-19-24(4)28-23-22-27-26(28)25(20-10-7-3)21-18-15-12-9-6-2/h22-25H,5-21H2,1-4H3/p+1. The Bertz CT molecular complexity index is 451.